The summed E-state index contributed by atoms with van der Waals surface area (Å²) in [6.07, 6.45) is 1.16. The van der Waals surface area contributed by atoms with Gasteiger partial charge >= 0.3 is 0 Å². The van der Waals surface area contributed by atoms with E-state index >= 15 is 0 Å². The van der Waals surface area contributed by atoms with E-state index in [2.05, 4.69) is 5.32 Å². The summed E-state index contributed by atoms with van der Waals surface area (Å²) in [7, 11) is -3.11. The number of amides is 2. The maximum atomic E-state index is 12.1. The van der Waals surface area contributed by atoms with Gasteiger partial charge in [0.05, 0.1) is 5.75 Å². The van der Waals surface area contributed by atoms with E-state index < -0.39 is 15.7 Å². The molecule has 2 rings (SSSR count). The highest BCUT2D eigenvalue weighted by Gasteiger charge is 2.09. The van der Waals surface area contributed by atoms with Crippen LogP contribution in [0.3, 0.4) is 0 Å². The Labute approximate surface area is 134 Å². The van der Waals surface area contributed by atoms with Crippen LogP contribution in [0.15, 0.2) is 48.5 Å². The number of benzene rings is 2. The first-order chi connectivity index (χ1) is 10.7. The summed E-state index contributed by atoms with van der Waals surface area (Å²) in [6.45, 7) is 0. The molecule has 7 heteroatoms. The average Bonchev–Trinajstić information content (AvgIpc) is 2.46. The number of nitrogens with two attached hydrogens (primary N) is 1. The van der Waals surface area contributed by atoms with E-state index in [0.29, 0.717) is 22.4 Å². The second-order valence-corrected chi connectivity index (χ2v) is 7.30. The van der Waals surface area contributed by atoms with Gasteiger partial charge in [0.1, 0.15) is 0 Å². The van der Waals surface area contributed by atoms with Gasteiger partial charge in [-0.05, 0) is 42.0 Å². The lowest BCUT2D eigenvalue weighted by molar-refractivity contribution is 0.0998. The number of nitrogens with one attached hydrogen (secondary N) is 1. The van der Waals surface area contributed by atoms with Gasteiger partial charge in [-0.2, -0.15) is 0 Å². The van der Waals surface area contributed by atoms with Gasteiger partial charge in [-0.1, -0.05) is 12.1 Å². The molecule has 2 amide bonds. The van der Waals surface area contributed by atoms with Crippen molar-refractivity contribution >= 4 is 27.3 Å². The third-order valence-electron chi connectivity index (χ3n) is 3.07. The Balaban J connectivity index is 2.07. The highest BCUT2D eigenvalue weighted by atomic mass is 32.2. The largest absolute Gasteiger partial charge is 0.366 e. The molecular weight excluding hydrogens is 316 g/mol. The van der Waals surface area contributed by atoms with Crippen molar-refractivity contribution in [3.63, 3.8) is 0 Å². The van der Waals surface area contributed by atoms with Crippen molar-refractivity contribution in [3.8, 4) is 0 Å². The van der Waals surface area contributed by atoms with Gasteiger partial charge in [0.25, 0.3) is 5.91 Å². The van der Waals surface area contributed by atoms with Gasteiger partial charge in [0.2, 0.25) is 5.91 Å². The molecule has 0 saturated carbocycles. The van der Waals surface area contributed by atoms with Gasteiger partial charge in [0.15, 0.2) is 9.84 Å². The Bertz CT molecular complexity index is 825. The van der Waals surface area contributed by atoms with Gasteiger partial charge in [0, 0.05) is 23.1 Å². The van der Waals surface area contributed by atoms with E-state index in [1.54, 1.807) is 36.4 Å². The molecule has 0 radical (unpaired) electrons. The van der Waals surface area contributed by atoms with Crippen LogP contribution < -0.4 is 11.1 Å². The van der Waals surface area contributed by atoms with Crippen molar-refractivity contribution in [2.24, 2.45) is 5.73 Å². The Hall–Kier alpha value is -2.67. The van der Waals surface area contributed by atoms with Gasteiger partial charge in [-0.15, -0.1) is 0 Å². The number of primary amides is 1. The molecule has 0 aliphatic carbocycles. The molecule has 0 aromatic heterocycles. The van der Waals surface area contributed by atoms with Crippen LogP contribution in [0.1, 0.15) is 26.3 Å². The zero-order valence-corrected chi connectivity index (χ0v) is 13.3. The molecular formula is C16H16N2O4S. The van der Waals surface area contributed by atoms with Crippen LogP contribution in [-0.4, -0.2) is 26.5 Å². The smallest absolute Gasteiger partial charge is 0.255 e. The third kappa shape index (κ3) is 4.93. The fraction of sp³-hybridized carbons (Fsp3) is 0.125. The van der Waals surface area contributed by atoms with Crippen molar-refractivity contribution in [1.82, 2.24) is 0 Å². The highest BCUT2D eigenvalue weighted by molar-refractivity contribution is 7.89. The minimum atomic E-state index is -3.11. The van der Waals surface area contributed by atoms with Crippen LogP contribution in [0.2, 0.25) is 0 Å². The first-order valence-electron chi connectivity index (χ1n) is 6.72. The van der Waals surface area contributed by atoms with Crippen molar-refractivity contribution < 1.29 is 18.0 Å². The van der Waals surface area contributed by atoms with Crippen LogP contribution in [0.4, 0.5) is 5.69 Å². The van der Waals surface area contributed by atoms with E-state index in [-0.39, 0.29) is 11.7 Å². The topological polar surface area (TPSA) is 106 Å². The first-order valence-corrected chi connectivity index (χ1v) is 8.78. The normalized spacial score (nSPS) is 11.0. The lowest BCUT2D eigenvalue weighted by Crippen LogP contribution is -2.13. The molecule has 3 N–H and O–H groups in total. The number of hydrogen-bond acceptors (Lipinski definition) is 4. The van der Waals surface area contributed by atoms with E-state index in [9.17, 15) is 18.0 Å². The minimum Gasteiger partial charge on any atom is -0.366 e. The maximum absolute atomic E-state index is 12.1. The molecule has 6 nitrogen and oxygen atoms in total. The summed E-state index contributed by atoms with van der Waals surface area (Å²) in [5.74, 6) is -0.934. The van der Waals surface area contributed by atoms with E-state index in [1.807, 2.05) is 0 Å². The lowest BCUT2D eigenvalue weighted by atomic mass is 10.1. The second-order valence-electron chi connectivity index (χ2n) is 5.16. The molecule has 23 heavy (non-hydrogen) atoms. The van der Waals surface area contributed by atoms with Crippen LogP contribution >= 0.6 is 0 Å². The van der Waals surface area contributed by atoms with E-state index in [0.717, 1.165) is 6.26 Å². The van der Waals surface area contributed by atoms with Crippen LogP contribution in [0.5, 0.6) is 0 Å². The van der Waals surface area contributed by atoms with Crippen LogP contribution in [0.25, 0.3) is 0 Å². The number of anilines is 1. The Morgan fingerprint density at radius 3 is 1.96 bits per heavy atom. The summed E-state index contributed by atoms with van der Waals surface area (Å²) in [5, 5.41) is 2.68. The summed E-state index contributed by atoms with van der Waals surface area (Å²) in [4.78, 5) is 23.1. The summed E-state index contributed by atoms with van der Waals surface area (Å²) < 4.78 is 22.4. The van der Waals surface area contributed by atoms with E-state index in [4.69, 9.17) is 5.73 Å². The Kier molecular flexibility index (Phi) is 4.80. The predicted octanol–water partition coefficient (Wildman–Crippen LogP) is 1.58. The van der Waals surface area contributed by atoms with Gasteiger partial charge in [-0.25, -0.2) is 8.42 Å². The lowest BCUT2D eigenvalue weighted by Gasteiger charge is -2.06. The molecule has 2 aromatic carbocycles. The fourth-order valence-electron chi connectivity index (χ4n) is 1.98. The number of carbonyl (C=O) groups excluding carboxylic acids is 2. The van der Waals surface area contributed by atoms with Crippen molar-refractivity contribution in [3.05, 3.63) is 65.2 Å². The first kappa shape index (κ1) is 16.7. The SMILES string of the molecule is CS(=O)(=O)Cc1ccc(C(=O)Nc2ccc(C(N)=O)cc2)cc1. The van der Waals surface area contributed by atoms with Crippen molar-refractivity contribution in [2.75, 3.05) is 11.6 Å². The fourth-order valence-corrected chi connectivity index (χ4v) is 2.77. The highest BCUT2D eigenvalue weighted by Crippen LogP contribution is 2.13. The number of rotatable bonds is 5. The number of sulfone groups is 1. The minimum absolute atomic E-state index is 0.0660. The maximum Gasteiger partial charge on any atom is 0.255 e. The van der Waals surface area contributed by atoms with E-state index in [1.165, 1.54) is 12.1 Å². The zero-order valence-electron chi connectivity index (χ0n) is 12.4. The summed E-state index contributed by atoms with van der Waals surface area (Å²) >= 11 is 0. The molecule has 2 aromatic rings. The molecule has 0 aliphatic rings. The molecule has 0 saturated heterocycles. The monoisotopic (exact) mass is 332 g/mol. The molecule has 0 fully saturated rings. The van der Waals surface area contributed by atoms with Crippen LogP contribution in [-0.2, 0) is 15.6 Å². The summed E-state index contributed by atoms with van der Waals surface area (Å²) in [6, 6.07) is 12.5. The van der Waals surface area contributed by atoms with Crippen molar-refractivity contribution in [1.29, 1.82) is 0 Å². The zero-order chi connectivity index (χ0) is 17.0. The third-order valence-corrected chi connectivity index (χ3v) is 3.93. The molecule has 120 valence electrons. The van der Waals surface area contributed by atoms with Gasteiger partial charge in [-0.3, -0.25) is 9.59 Å². The quantitative estimate of drug-likeness (QED) is 0.867. The molecule has 0 aliphatic heterocycles. The average molecular weight is 332 g/mol. The Morgan fingerprint density at radius 2 is 1.48 bits per heavy atom. The molecule has 0 spiro atoms. The second kappa shape index (κ2) is 6.62. The molecule has 0 heterocycles. The predicted molar refractivity (Wildman–Crippen MR) is 87.9 cm³/mol. The molecule has 0 unspecified atom stereocenters. The molecule has 0 atom stereocenters. The Morgan fingerprint density at radius 1 is 0.957 bits per heavy atom. The number of carbonyl (C=O) groups is 2. The standard InChI is InChI=1S/C16H16N2O4S/c1-23(21,22)10-11-2-4-13(5-3-11)16(20)18-14-8-6-12(7-9-14)15(17)19/h2-9H,10H2,1H3,(H2,17,19)(H,18,20). The van der Waals surface area contributed by atoms with Crippen molar-refractivity contribution in [2.45, 2.75) is 5.75 Å². The van der Waals surface area contributed by atoms with Gasteiger partial charge < -0.3 is 11.1 Å². The molecule has 0 bridgehead atoms. The summed E-state index contributed by atoms with van der Waals surface area (Å²) in [5.41, 5.74) is 7.05. The number of hydrogen-bond donors (Lipinski definition) is 2. The van der Waals surface area contributed by atoms with Crippen LogP contribution in [0, 0.1) is 0 Å².